The Labute approximate surface area is 122 Å². The molecule has 0 unspecified atom stereocenters. The van der Waals surface area contributed by atoms with E-state index < -0.39 is 34.7 Å². The van der Waals surface area contributed by atoms with Crippen LogP contribution in [0.4, 0.5) is 4.39 Å². The summed E-state index contributed by atoms with van der Waals surface area (Å²) < 4.78 is 61.2. The van der Waals surface area contributed by atoms with E-state index in [-0.39, 0.29) is 6.54 Å². The number of nitrogens with zero attached hydrogens (tertiary/aromatic N) is 1. The summed E-state index contributed by atoms with van der Waals surface area (Å²) in [5.74, 6) is -1.14. The van der Waals surface area contributed by atoms with Crippen molar-refractivity contribution in [3.8, 4) is 0 Å². The third-order valence-corrected chi connectivity index (χ3v) is 5.94. The first-order chi connectivity index (χ1) is 9.10. The molecule has 5 nitrogen and oxygen atoms in total. The fourth-order valence-electron chi connectivity index (χ4n) is 1.51. The van der Waals surface area contributed by atoms with Crippen LogP contribution in [0.3, 0.4) is 0 Å². The Bertz CT molecular complexity index is 688. The van der Waals surface area contributed by atoms with Gasteiger partial charge in [0.15, 0.2) is 0 Å². The number of rotatable bonds is 6. The average molecular weight is 344 g/mol. The van der Waals surface area contributed by atoms with Crippen LogP contribution >= 0.6 is 10.7 Å². The highest BCUT2D eigenvalue weighted by molar-refractivity contribution is 8.13. The molecule has 0 amide bonds. The third kappa shape index (κ3) is 3.91. The first-order valence-electron chi connectivity index (χ1n) is 5.81. The van der Waals surface area contributed by atoms with Gasteiger partial charge in [-0.25, -0.2) is 25.5 Å². The van der Waals surface area contributed by atoms with Gasteiger partial charge in [0, 0.05) is 24.3 Å². The normalized spacial score (nSPS) is 12.8. The number of hydrogen-bond donors (Lipinski definition) is 0. The smallest absolute Gasteiger partial charge is 0.207 e. The van der Waals surface area contributed by atoms with Gasteiger partial charge in [0.25, 0.3) is 9.05 Å². The quantitative estimate of drug-likeness (QED) is 0.742. The topological polar surface area (TPSA) is 71.5 Å². The van der Waals surface area contributed by atoms with E-state index in [1.807, 2.05) is 6.92 Å². The minimum atomic E-state index is -4.10. The molecule has 0 radical (unpaired) electrons. The Morgan fingerprint density at radius 2 is 1.85 bits per heavy atom. The molecule has 0 N–H and O–H groups in total. The molecule has 20 heavy (non-hydrogen) atoms. The molecule has 0 bridgehead atoms. The molecule has 114 valence electrons. The lowest BCUT2D eigenvalue weighted by Crippen LogP contribution is -2.28. The van der Waals surface area contributed by atoms with Gasteiger partial charge < -0.3 is 0 Å². The van der Waals surface area contributed by atoms with Crippen LogP contribution in [0.25, 0.3) is 0 Å². The van der Waals surface area contributed by atoms with Crippen molar-refractivity contribution in [2.75, 3.05) is 13.6 Å². The van der Waals surface area contributed by atoms with Crippen molar-refractivity contribution in [3.05, 3.63) is 24.0 Å². The number of benzene rings is 1. The van der Waals surface area contributed by atoms with Crippen LogP contribution < -0.4 is 0 Å². The van der Waals surface area contributed by atoms with Gasteiger partial charge in [-0.1, -0.05) is 13.3 Å². The molecule has 0 saturated heterocycles. The van der Waals surface area contributed by atoms with Crippen LogP contribution in [-0.4, -0.2) is 34.7 Å². The van der Waals surface area contributed by atoms with Gasteiger partial charge in [-0.2, -0.15) is 0 Å². The van der Waals surface area contributed by atoms with Gasteiger partial charge in [0.2, 0.25) is 10.0 Å². The molecule has 0 fully saturated rings. The van der Waals surface area contributed by atoms with Crippen molar-refractivity contribution >= 4 is 29.8 Å². The van der Waals surface area contributed by atoms with Crippen molar-refractivity contribution in [1.82, 2.24) is 4.31 Å². The summed E-state index contributed by atoms with van der Waals surface area (Å²) in [4.78, 5) is -1.05. The van der Waals surface area contributed by atoms with Gasteiger partial charge >= 0.3 is 0 Å². The van der Waals surface area contributed by atoms with E-state index in [0.29, 0.717) is 12.5 Å². The predicted octanol–water partition coefficient (Wildman–Crippen LogP) is 2.17. The predicted molar refractivity (Wildman–Crippen MR) is 74.2 cm³/mol. The van der Waals surface area contributed by atoms with Crippen LogP contribution in [0, 0.1) is 5.82 Å². The maximum atomic E-state index is 13.8. The van der Waals surface area contributed by atoms with E-state index in [9.17, 15) is 21.2 Å². The lowest BCUT2D eigenvalue weighted by Gasteiger charge is -2.17. The lowest BCUT2D eigenvalue weighted by atomic mass is 10.3. The molecule has 0 saturated carbocycles. The molecule has 0 aliphatic carbocycles. The number of halogens is 2. The van der Waals surface area contributed by atoms with E-state index in [4.69, 9.17) is 10.7 Å². The molecule has 1 aromatic rings. The number of hydrogen-bond acceptors (Lipinski definition) is 4. The second-order valence-corrected chi connectivity index (χ2v) is 8.79. The van der Waals surface area contributed by atoms with Crippen LogP contribution in [0.2, 0.25) is 0 Å². The third-order valence-electron chi connectivity index (χ3n) is 2.70. The van der Waals surface area contributed by atoms with Gasteiger partial charge in [-0.05, 0) is 24.6 Å². The van der Waals surface area contributed by atoms with Crippen molar-refractivity contribution < 1.29 is 21.2 Å². The molecule has 1 aromatic carbocycles. The maximum Gasteiger partial charge on any atom is 0.261 e. The zero-order valence-electron chi connectivity index (χ0n) is 11.0. The molecule has 0 heterocycles. The van der Waals surface area contributed by atoms with Gasteiger partial charge in [0.1, 0.15) is 10.7 Å². The van der Waals surface area contributed by atoms with E-state index in [1.54, 1.807) is 0 Å². The Hall–Kier alpha value is -0.700. The molecule has 9 heteroatoms. The maximum absolute atomic E-state index is 13.8. The average Bonchev–Trinajstić information content (AvgIpc) is 2.34. The Kier molecular flexibility index (Phi) is 5.54. The molecule has 0 aliphatic heterocycles. The molecule has 0 atom stereocenters. The summed E-state index contributed by atoms with van der Waals surface area (Å²) >= 11 is 0. The second kappa shape index (κ2) is 6.38. The van der Waals surface area contributed by atoms with Crippen molar-refractivity contribution in [1.29, 1.82) is 0 Å². The minimum Gasteiger partial charge on any atom is -0.207 e. The van der Waals surface area contributed by atoms with Gasteiger partial charge in [-0.3, -0.25) is 0 Å². The fourth-order valence-corrected chi connectivity index (χ4v) is 3.52. The highest BCUT2D eigenvalue weighted by Gasteiger charge is 2.25. The van der Waals surface area contributed by atoms with Crippen molar-refractivity contribution in [2.45, 2.75) is 29.6 Å². The van der Waals surface area contributed by atoms with Gasteiger partial charge in [0.05, 0.1) is 4.90 Å². The molecular formula is C11H15ClFNO4S2. The SMILES string of the molecule is CCCCN(C)S(=O)(=O)c1ccc(S(=O)(=O)Cl)cc1F. The summed E-state index contributed by atoms with van der Waals surface area (Å²) in [7, 11) is -1.66. The summed E-state index contributed by atoms with van der Waals surface area (Å²) in [6.45, 7) is 2.16. The van der Waals surface area contributed by atoms with E-state index in [1.165, 1.54) is 7.05 Å². The monoisotopic (exact) mass is 343 g/mol. The summed E-state index contributed by atoms with van der Waals surface area (Å²) in [5.41, 5.74) is 0. The highest BCUT2D eigenvalue weighted by atomic mass is 35.7. The van der Waals surface area contributed by atoms with Gasteiger partial charge in [-0.15, -0.1) is 0 Å². The minimum absolute atomic E-state index is 0.258. The first kappa shape index (κ1) is 17.4. The van der Waals surface area contributed by atoms with Crippen LogP contribution in [0.1, 0.15) is 19.8 Å². The lowest BCUT2D eigenvalue weighted by molar-refractivity contribution is 0.453. The Morgan fingerprint density at radius 3 is 2.30 bits per heavy atom. The van der Waals surface area contributed by atoms with Crippen molar-refractivity contribution in [2.24, 2.45) is 0 Å². The Balaban J connectivity index is 3.21. The zero-order valence-corrected chi connectivity index (χ0v) is 13.4. The van der Waals surface area contributed by atoms with Crippen LogP contribution in [0.5, 0.6) is 0 Å². The second-order valence-electron chi connectivity index (χ2n) is 4.21. The molecule has 1 rings (SSSR count). The summed E-state index contributed by atoms with van der Waals surface area (Å²) in [5, 5.41) is 0. The molecule has 0 aliphatic rings. The highest BCUT2D eigenvalue weighted by Crippen LogP contribution is 2.23. The standard InChI is InChI=1S/C11H15ClFNO4S2/c1-3-4-7-14(2)20(17,18)11-6-5-9(8-10(11)13)19(12,15)16/h5-6,8H,3-4,7H2,1-2H3. The summed E-state index contributed by atoms with van der Waals surface area (Å²) in [6.07, 6.45) is 1.44. The number of sulfonamides is 1. The zero-order chi connectivity index (χ0) is 15.6. The largest absolute Gasteiger partial charge is 0.261 e. The van der Waals surface area contributed by atoms with Crippen molar-refractivity contribution in [3.63, 3.8) is 0 Å². The summed E-state index contributed by atoms with van der Waals surface area (Å²) in [6, 6.07) is 2.47. The van der Waals surface area contributed by atoms with E-state index in [0.717, 1.165) is 22.9 Å². The Morgan fingerprint density at radius 1 is 1.25 bits per heavy atom. The molecule has 0 spiro atoms. The van der Waals surface area contributed by atoms with Crippen LogP contribution in [0.15, 0.2) is 28.0 Å². The van der Waals surface area contributed by atoms with E-state index >= 15 is 0 Å². The number of unbranched alkanes of at least 4 members (excludes halogenated alkanes) is 1. The van der Waals surface area contributed by atoms with Crippen LogP contribution in [-0.2, 0) is 19.1 Å². The molecular weight excluding hydrogens is 329 g/mol. The fraction of sp³-hybridized carbons (Fsp3) is 0.455. The molecule has 0 aromatic heterocycles. The van der Waals surface area contributed by atoms with E-state index in [2.05, 4.69) is 0 Å². The first-order valence-corrected chi connectivity index (χ1v) is 9.56.